The molecule has 10 nitrogen and oxygen atoms in total. The Morgan fingerprint density at radius 3 is 1.74 bits per heavy atom. The van der Waals surface area contributed by atoms with Crippen LogP contribution >= 0.6 is 0 Å². The second-order valence-corrected chi connectivity index (χ2v) is 5.19. The minimum absolute atomic E-state index is 0.0579. The van der Waals surface area contributed by atoms with Crippen LogP contribution in [-0.4, -0.2) is 14.8 Å². The third-order valence-corrected chi connectivity index (χ3v) is 3.29. The van der Waals surface area contributed by atoms with Crippen LogP contribution in [0.5, 0.6) is 11.5 Å². The molecule has 0 saturated heterocycles. The van der Waals surface area contributed by atoms with E-state index in [1.54, 1.807) is 0 Å². The fraction of sp³-hybridized carbons (Fsp3) is 0.143. The number of rotatable bonds is 5. The number of alkyl halides is 3. The molecule has 2 aromatic rings. The van der Waals surface area contributed by atoms with Crippen LogP contribution in [0.15, 0.2) is 30.3 Å². The summed E-state index contributed by atoms with van der Waals surface area (Å²) in [6, 6.07) is 3.50. The van der Waals surface area contributed by atoms with Gasteiger partial charge in [0.15, 0.2) is 0 Å². The summed E-state index contributed by atoms with van der Waals surface area (Å²) in [6.07, 6.45) is -5.09. The maximum absolute atomic E-state index is 12.9. The molecule has 0 spiro atoms. The Morgan fingerprint density at radius 1 is 0.852 bits per heavy atom. The molecule has 2 aromatic carbocycles. The van der Waals surface area contributed by atoms with E-state index in [-0.39, 0.29) is 12.1 Å². The summed E-state index contributed by atoms with van der Waals surface area (Å²) in [6.45, 7) is 1.50. The number of hydrogen-bond donors (Lipinski definition) is 0. The van der Waals surface area contributed by atoms with Gasteiger partial charge in [0.05, 0.1) is 20.3 Å². The van der Waals surface area contributed by atoms with Crippen molar-refractivity contribution in [3.05, 3.63) is 71.8 Å². The molecule has 0 aromatic heterocycles. The SMILES string of the molecule is Cc1ccc(Oc2c([N+](=O)[O-])cc(C(F)(F)F)cc2[N+](=O)[O-])c([N+](=O)[O-])c1. The van der Waals surface area contributed by atoms with Crippen LogP contribution in [0, 0.1) is 37.3 Å². The summed E-state index contributed by atoms with van der Waals surface area (Å²) in [4.78, 5) is 29.9. The lowest BCUT2D eigenvalue weighted by molar-refractivity contribution is -0.396. The van der Waals surface area contributed by atoms with Gasteiger partial charge in [0.1, 0.15) is 0 Å². The molecule has 2 rings (SSSR count). The average molecular weight is 387 g/mol. The lowest BCUT2D eigenvalue weighted by atomic mass is 10.1. The third kappa shape index (κ3) is 4.08. The minimum Gasteiger partial charge on any atom is -0.437 e. The van der Waals surface area contributed by atoms with E-state index in [0.717, 1.165) is 12.1 Å². The molecule has 142 valence electrons. The van der Waals surface area contributed by atoms with Crippen molar-refractivity contribution in [2.45, 2.75) is 13.1 Å². The molecular formula is C14H8F3N3O7. The fourth-order valence-electron chi connectivity index (χ4n) is 2.10. The molecule has 0 N–H and O–H groups in total. The van der Waals surface area contributed by atoms with E-state index in [9.17, 15) is 43.5 Å². The number of nitro groups is 3. The van der Waals surface area contributed by atoms with Gasteiger partial charge in [-0.15, -0.1) is 0 Å². The largest absolute Gasteiger partial charge is 0.437 e. The first-order valence-corrected chi connectivity index (χ1v) is 6.88. The Kier molecular flexibility index (Phi) is 4.96. The molecule has 0 aliphatic rings. The van der Waals surface area contributed by atoms with Gasteiger partial charge in [-0.05, 0) is 18.6 Å². The molecular weight excluding hydrogens is 379 g/mol. The number of nitro benzene ring substituents is 3. The summed E-state index contributed by atoms with van der Waals surface area (Å²) < 4.78 is 43.6. The predicted octanol–water partition coefficient (Wildman–Crippen LogP) is 4.53. The quantitative estimate of drug-likeness (QED) is 0.542. The molecule has 0 aliphatic carbocycles. The van der Waals surface area contributed by atoms with E-state index in [4.69, 9.17) is 4.74 Å². The first kappa shape index (κ1) is 19.6. The van der Waals surface area contributed by atoms with Crippen molar-refractivity contribution in [2.75, 3.05) is 0 Å². The molecule has 0 unspecified atom stereocenters. The fourth-order valence-corrected chi connectivity index (χ4v) is 2.10. The van der Waals surface area contributed by atoms with Crippen molar-refractivity contribution in [2.24, 2.45) is 0 Å². The van der Waals surface area contributed by atoms with Crippen LogP contribution < -0.4 is 4.74 Å². The Bertz CT molecular complexity index is 924. The number of aryl methyl sites for hydroxylation is 1. The zero-order chi connectivity index (χ0) is 20.5. The van der Waals surface area contributed by atoms with Crippen molar-refractivity contribution in [3.63, 3.8) is 0 Å². The molecule has 0 amide bonds. The first-order chi connectivity index (χ1) is 12.4. The molecule has 27 heavy (non-hydrogen) atoms. The first-order valence-electron chi connectivity index (χ1n) is 6.88. The maximum atomic E-state index is 12.9. The van der Waals surface area contributed by atoms with E-state index >= 15 is 0 Å². The number of ether oxygens (including phenoxy) is 1. The standard InChI is InChI=1S/C14H8F3N3O7/c1-7-2-3-12(9(4-7)18(21)22)27-13-10(19(23)24)5-8(14(15,16)17)6-11(13)20(25)26/h2-6H,1H3. The van der Waals surface area contributed by atoms with E-state index in [2.05, 4.69) is 0 Å². The molecule has 0 radical (unpaired) electrons. The zero-order valence-electron chi connectivity index (χ0n) is 13.2. The summed E-state index contributed by atoms with van der Waals surface area (Å²) >= 11 is 0. The molecule has 0 bridgehead atoms. The van der Waals surface area contributed by atoms with E-state index in [0.29, 0.717) is 5.56 Å². The van der Waals surface area contributed by atoms with Crippen LogP contribution in [0.25, 0.3) is 0 Å². The highest BCUT2D eigenvalue weighted by Crippen LogP contribution is 2.45. The normalized spacial score (nSPS) is 11.1. The van der Waals surface area contributed by atoms with E-state index in [1.807, 2.05) is 0 Å². The minimum atomic E-state index is -5.09. The van der Waals surface area contributed by atoms with Crippen LogP contribution in [0.3, 0.4) is 0 Å². The highest BCUT2D eigenvalue weighted by Gasteiger charge is 2.39. The number of nitrogens with zero attached hydrogens (tertiary/aromatic N) is 3. The van der Waals surface area contributed by atoms with Crippen LogP contribution in [-0.2, 0) is 6.18 Å². The van der Waals surface area contributed by atoms with Crippen LogP contribution in [0.1, 0.15) is 11.1 Å². The zero-order valence-corrected chi connectivity index (χ0v) is 13.2. The highest BCUT2D eigenvalue weighted by molar-refractivity contribution is 5.65. The van der Waals surface area contributed by atoms with Gasteiger partial charge in [-0.3, -0.25) is 30.3 Å². The van der Waals surface area contributed by atoms with Crippen molar-refractivity contribution in [1.29, 1.82) is 0 Å². The summed E-state index contributed by atoms with van der Waals surface area (Å²) in [5.41, 5.74) is -4.59. The van der Waals surface area contributed by atoms with Gasteiger partial charge in [0.25, 0.3) is 5.75 Å². The van der Waals surface area contributed by atoms with Gasteiger partial charge in [-0.2, -0.15) is 13.2 Å². The summed E-state index contributed by atoms with van der Waals surface area (Å²) in [5.74, 6) is -1.75. The smallest absolute Gasteiger partial charge is 0.416 e. The van der Waals surface area contributed by atoms with Crippen molar-refractivity contribution >= 4 is 17.1 Å². The lowest BCUT2D eigenvalue weighted by Gasteiger charge is -2.11. The van der Waals surface area contributed by atoms with Gasteiger partial charge in [0.2, 0.25) is 5.75 Å². The van der Waals surface area contributed by atoms with Crippen molar-refractivity contribution in [1.82, 2.24) is 0 Å². The van der Waals surface area contributed by atoms with E-state index in [1.165, 1.54) is 13.0 Å². The highest BCUT2D eigenvalue weighted by atomic mass is 19.4. The Morgan fingerprint density at radius 2 is 1.33 bits per heavy atom. The van der Waals surface area contributed by atoms with Gasteiger partial charge in [-0.25, -0.2) is 0 Å². The van der Waals surface area contributed by atoms with Crippen LogP contribution in [0.4, 0.5) is 30.2 Å². The van der Waals surface area contributed by atoms with Gasteiger partial charge >= 0.3 is 23.2 Å². The van der Waals surface area contributed by atoms with Gasteiger partial charge in [0, 0.05) is 18.2 Å². The molecule has 0 fully saturated rings. The summed E-state index contributed by atoms with van der Waals surface area (Å²) in [5, 5.41) is 33.4. The van der Waals surface area contributed by atoms with E-state index < -0.39 is 55.1 Å². The second-order valence-electron chi connectivity index (χ2n) is 5.19. The van der Waals surface area contributed by atoms with Crippen molar-refractivity contribution in [3.8, 4) is 11.5 Å². The monoisotopic (exact) mass is 387 g/mol. The number of halogens is 3. The van der Waals surface area contributed by atoms with Crippen LogP contribution in [0.2, 0.25) is 0 Å². The topological polar surface area (TPSA) is 139 Å². The Labute approximate surface area is 147 Å². The number of hydrogen-bond acceptors (Lipinski definition) is 7. The number of benzene rings is 2. The molecule has 0 aliphatic heterocycles. The Hall–Kier alpha value is -3.77. The second kappa shape index (κ2) is 6.86. The average Bonchev–Trinajstić information content (AvgIpc) is 2.54. The van der Waals surface area contributed by atoms with Crippen molar-refractivity contribution < 1.29 is 32.7 Å². The molecule has 13 heteroatoms. The van der Waals surface area contributed by atoms with Gasteiger partial charge in [-0.1, -0.05) is 6.07 Å². The summed E-state index contributed by atoms with van der Waals surface area (Å²) in [7, 11) is 0. The molecule has 0 saturated carbocycles. The molecule has 0 heterocycles. The maximum Gasteiger partial charge on any atom is 0.416 e. The Balaban J connectivity index is 2.75. The predicted molar refractivity (Wildman–Crippen MR) is 82.7 cm³/mol. The lowest BCUT2D eigenvalue weighted by Crippen LogP contribution is -2.08. The third-order valence-electron chi connectivity index (χ3n) is 3.29. The molecule has 0 atom stereocenters. The van der Waals surface area contributed by atoms with Gasteiger partial charge < -0.3 is 4.74 Å².